The molecule has 0 aliphatic rings. The molecule has 0 spiro atoms. The Morgan fingerprint density at radius 2 is 2.05 bits per heavy atom. The van der Waals surface area contributed by atoms with Crippen LogP contribution in [-0.4, -0.2) is 29.0 Å². The van der Waals surface area contributed by atoms with Gasteiger partial charge < -0.3 is 4.74 Å². The second kappa shape index (κ2) is 9.10. The lowest BCUT2D eigenvalue weighted by atomic mass is 10.0. The van der Waals surface area contributed by atoms with Gasteiger partial charge in [-0.2, -0.15) is 5.10 Å². The molecule has 0 aliphatic carbocycles. The largest absolute Gasteiger partial charge is 0.382 e. The molecule has 0 amide bonds. The summed E-state index contributed by atoms with van der Waals surface area (Å²) in [4.78, 5) is 0. The first kappa shape index (κ1) is 17.1. The third kappa shape index (κ3) is 5.23. The molecule has 0 aliphatic heterocycles. The highest BCUT2D eigenvalue weighted by atomic mass is 16.5. The molecule has 0 radical (unpaired) electrons. The molecule has 1 heterocycles. The third-order valence-corrected chi connectivity index (χ3v) is 4.00. The van der Waals surface area contributed by atoms with Gasteiger partial charge in [0.05, 0.1) is 17.8 Å². The molecule has 0 saturated carbocycles. The van der Waals surface area contributed by atoms with Crippen LogP contribution in [0.15, 0.2) is 12.3 Å². The summed E-state index contributed by atoms with van der Waals surface area (Å²) in [7, 11) is 1.74. The van der Waals surface area contributed by atoms with E-state index in [0.717, 1.165) is 37.8 Å². The fraction of sp³-hybridized carbons (Fsp3) is 0.800. The smallest absolute Gasteiger partial charge is 0.0640 e. The van der Waals surface area contributed by atoms with Gasteiger partial charge in [0.15, 0.2) is 0 Å². The van der Waals surface area contributed by atoms with E-state index in [0.29, 0.717) is 6.04 Å². The molecule has 5 heteroatoms. The minimum absolute atomic E-state index is 0.248. The Kier molecular flexibility index (Phi) is 7.80. The second-order valence-corrected chi connectivity index (χ2v) is 5.45. The van der Waals surface area contributed by atoms with Gasteiger partial charge in [0.25, 0.3) is 0 Å². The van der Waals surface area contributed by atoms with Crippen molar-refractivity contribution in [3.63, 3.8) is 0 Å². The Labute approximate surface area is 122 Å². The van der Waals surface area contributed by atoms with Crippen LogP contribution < -0.4 is 11.3 Å². The molecule has 0 saturated heterocycles. The molecule has 0 bridgehead atoms. The zero-order valence-electron chi connectivity index (χ0n) is 13.3. The maximum Gasteiger partial charge on any atom is 0.0640 e. The Bertz CT molecular complexity index is 363. The van der Waals surface area contributed by atoms with Crippen LogP contribution in [0, 0.1) is 0 Å². The van der Waals surface area contributed by atoms with Crippen molar-refractivity contribution < 1.29 is 4.74 Å². The number of hydrogen-bond acceptors (Lipinski definition) is 4. The van der Waals surface area contributed by atoms with Crippen molar-refractivity contribution in [2.45, 2.75) is 71.1 Å². The lowest BCUT2D eigenvalue weighted by Crippen LogP contribution is -2.37. The highest BCUT2D eigenvalue weighted by molar-refractivity contribution is 5.02. The predicted molar refractivity (Wildman–Crippen MR) is 82.4 cm³/mol. The zero-order chi connectivity index (χ0) is 15.0. The summed E-state index contributed by atoms with van der Waals surface area (Å²) in [6.07, 6.45) is 7.43. The third-order valence-electron chi connectivity index (χ3n) is 4.00. The Morgan fingerprint density at radius 3 is 2.60 bits per heavy atom. The van der Waals surface area contributed by atoms with Crippen LogP contribution in [0.1, 0.15) is 58.2 Å². The fourth-order valence-electron chi connectivity index (χ4n) is 2.40. The minimum Gasteiger partial charge on any atom is -0.382 e. The number of ether oxygens (including phenoxy) is 1. The van der Waals surface area contributed by atoms with Crippen molar-refractivity contribution in [2.24, 2.45) is 5.84 Å². The highest BCUT2D eigenvalue weighted by Crippen LogP contribution is 2.15. The summed E-state index contributed by atoms with van der Waals surface area (Å²) in [5.74, 6) is 5.64. The van der Waals surface area contributed by atoms with E-state index in [9.17, 15) is 0 Å². The first-order valence-electron chi connectivity index (χ1n) is 7.67. The summed E-state index contributed by atoms with van der Waals surface area (Å²) < 4.78 is 7.36. The number of hydrazine groups is 1. The molecule has 2 atom stereocenters. The minimum atomic E-state index is 0.248. The summed E-state index contributed by atoms with van der Waals surface area (Å²) in [5, 5.41) is 4.68. The lowest BCUT2D eigenvalue weighted by molar-refractivity contribution is 0.106. The van der Waals surface area contributed by atoms with Crippen LogP contribution in [-0.2, 0) is 11.2 Å². The molecule has 2 unspecified atom stereocenters. The predicted octanol–water partition coefficient (Wildman–Crippen LogP) is 2.43. The fourth-order valence-corrected chi connectivity index (χ4v) is 2.40. The zero-order valence-corrected chi connectivity index (χ0v) is 13.3. The van der Waals surface area contributed by atoms with Crippen LogP contribution in [0.4, 0.5) is 0 Å². The number of aromatic nitrogens is 2. The standard InChI is InChI=1S/C15H30N4O/c1-5-15(6-2)19-10-9-14(18-19)11-13(17-16)8-7-12(3)20-4/h9-10,12-13,15,17H,5-8,11,16H2,1-4H3. The van der Waals surface area contributed by atoms with Gasteiger partial charge in [0.1, 0.15) is 0 Å². The van der Waals surface area contributed by atoms with Crippen molar-refractivity contribution in [2.75, 3.05) is 7.11 Å². The molecule has 3 N–H and O–H groups in total. The number of nitrogens with zero attached hydrogens (tertiary/aromatic N) is 2. The molecule has 0 aromatic carbocycles. The second-order valence-electron chi connectivity index (χ2n) is 5.45. The molecule has 20 heavy (non-hydrogen) atoms. The molecule has 1 rings (SSSR count). The van der Waals surface area contributed by atoms with Crippen molar-refractivity contribution in [3.05, 3.63) is 18.0 Å². The van der Waals surface area contributed by atoms with Gasteiger partial charge in [-0.15, -0.1) is 0 Å². The monoisotopic (exact) mass is 282 g/mol. The number of methoxy groups -OCH3 is 1. The van der Waals surface area contributed by atoms with E-state index in [2.05, 4.69) is 48.2 Å². The van der Waals surface area contributed by atoms with Gasteiger partial charge in [-0.1, -0.05) is 13.8 Å². The van der Waals surface area contributed by atoms with E-state index in [1.54, 1.807) is 7.11 Å². The van der Waals surface area contributed by atoms with Gasteiger partial charge in [0, 0.05) is 25.8 Å². The van der Waals surface area contributed by atoms with Gasteiger partial charge in [0.2, 0.25) is 0 Å². The summed E-state index contributed by atoms with van der Waals surface area (Å²) in [5.41, 5.74) is 3.99. The Morgan fingerprint density at radius 1 is 1.35 bits per heavy atom. The molecule has 1 aromatic rings. The van der Waals surface area contributed by atoms with Crippen molar-refractivity contribution in [1.82, 2.24) is 15.2 Å². The van der Waals surface area contributed by atoms with Gasteiger partial charge in [-0.25, -0.2) is 0 Å². The maximum atomic E-state index is 5.64. The van der Waals surface area contributed by atoms with E-state index < -0.39 is 0 Å². The SMILES string of the molecule is CCC(CC)n1ccc(CC(CCC(C)OC)NN)n1. The van der Waals surface area contributed by atoms with Crippen LogP contribution in [0.5, 0.6) is 0 Å². The van der Waals surface area contributed by atoms with E-state index in [4.69, 9.17) is 10.6 Å². The van der Waals surface area contributed by atoms with Crippen LogP contribution >= 0.6 is 0 Å². The highest BCUT2D eigenvalue weighted by Gasteiger charge is 2.13. The van der Waals surface area contributed by atoms with Crippen LogP contribution in [0.25, 0.3) is 0 Å². The topological polar surface area (TPSA) is 65.1 Å². The summed E-state index contributed by atoms with van der Waals surface area (Å²) >= 11 is 0. The number of rotatable bonds is 10. The summed E-state index contributed by atoms with van der Waals surface area (Å²) in [6, 6.07) is 2.85. The number of nitrogens with one attached hydrogen (secondary N) is 1. The van der Waals surface area contributed by atoms with Crippen LogP contribution in [0.3, 0.4) is 0 Å². The molecule has 116 valence electrons. The van der Waals surface area contributed by atoms with Gasteiger partial charge >= 0.3 is 0 Å². The van der Waals surface area contributed by atoms with E-state index in [1.807, 2.05) is 0 Å². The molecular formula is C15H30N4O. The Balaban J connectivity index is 2.53. The van der Waals surface area contributed by atoms with E-state index in [1.165, 1.54) is 0 Å². The first-order valence-corrected chi connectivity index (χ1v) is 7.67. The molecule has 0 fully saturated rings. The number of nitrogens with two attached hydrogens (primary N) is 1. The quantitative estimate of drug-likeness (QED) is 0.511. The Hall–Kier alpha value is -0.910. The van der Waals surface area contributed by atoms with Gasteiger partial charge in [-0.3, -0.25) is 16.0 Å². The molecular weight excluding hydrogens is 252 g/mol. The molecule has 5 nitrogen and oxygen atoms in total. The van der Waals surface area contributed by atoms with E-state index in [-0.39, 0.29) is 12.1 Å². The number of hydrogen-bond donors (Lipinski definition) is 2. The summed E-state index contributed by atoms with van der Waals surface area (Å²) in [6.45, 7) is 6.48. The van der Waals surface area contributed by atoms with Gasteiger partial charge in [-0.05, 0) is 38.7 Å². The molecule has 1 aromatic heterocycles. The van der Waals surface area contributed by atoms with E-state index >= 15 is 0 Å². The van der Waals surface area contributed by atoms with Crippen LogP contribution in [0.2, 0.25) is 0 Å². The van der Waals surface area contributed by atoms with Crippen molar-refractivity contribution in [3.8, 4) is 0 Å². The normalized spacial score (nSPS) is 14.7. The lowest BCUT2D eigenvalue weighted by Gasteiger charge is -2.17. The average molecular weight is 282 g/mol. The average Bonchev–Trinajstić information content (AvgIpc) is 2.92. The van der Waals surface area contributed by atoms with Crippen molar-refractivity contribution in [1.29, 1.82) is 0 Å². The first-order chi connectivity index (χ1) is 9.64. The van der Waals surface area contributed by atoms with Crippen molar-refractivity contribution >= 4 is 0 Å². The maximum absolute atomic E-state index is 5.64.